The van der Waals surface area contributed by atoms with E-state index in [1.54, 1.807) is 42.5 Å². The fraction of sp³-hybridized carbons (Fsp3) is 0.133. The lowest BCUT2D eigenvalue weighted by Gasteiger charge is -2.21. The number of aromatic nitrogens is 1. The van der Waals surface area contributed by atoms with Gasteiger partial charge in [-0.1, -0.05) is 24.3 Å². The van der Waals surface area contributed by atoms with Crippen LogP contribution >= 0.6 is 0 Å². The van der Waals surface area contributed by atoms with Crippen molar-refractivity contribution in [2.24, 2.45) is 0 Å². The van der Waals surface area contributed by atoms with Crippen molar-refractivity contribution in [2.45, 2.75) is 6.42 Å². The maximum Gasteiger partial charge on any atom is 0.305 e. The number of para-hydroxylation sites is 1. The molecule has 0 saturated carbocycles. The average molecular weight is 270 g/mol. The maximum absolute atomic E-state index is 12.4. The van der Waals surface area contributed by atoms with Crippen molar-refractivity contribution >= 4 is 17.6 Å². The lowest BCUT2D eigenvalue weighted by atomic mass is 10.2. The van der Waals surface area contributed by atoms with E-state index >= 15 is 0 Å². The van der Waals surface area contributed by atoms with E-state index in [9.17, 15) is 9.59 Å². The topological polar surface area (TPSA) is 70.5 Å². The van der Waals surface area contributed by atoms with Gasteiger partial charge in [0.1, 0.15) is 5.69 Å². The molecule has 0 aliphatic heterocycles. The van der Waals surface area contributed by atoms with E-state index in [4.69, 9.17) is 5.11 Å². The van der Waals surface area contributed by atoms with Gasteiger partial charge in [0.25, 0.3) is 5.91 Å². The van der Waals surface area contributed by atoms with Crippen LogP contribution in [0.2, 0.25) is 0 Å². The first kappa shape index (κ1) is 13.7. The van der Waals surface area contributed by atoms with Crippen LogP contribution in [0, 0.1) is 0 Å². The van der Waals surface area contributed by atoms with Crippen LogP contribution in [0.5, 0.6) is 0 Å². The number of carbonyl (C=O) groups is 2. The summed E-state index contributed by atoms with van der Waals surface area (Å²) < 4.78 is 0. The van der Waals surface area contributed by atoms with Crippen molar-refractivity contribution in [1.82, 2.24) is 4.98 Å². The molecule has 2 rings (SSSR count). The number of hydrogen-bond acceptors (Lipinski definition) is 3. The van der Waals surface area contributed by atoms with Crippen molar-refractivity contribution in [1.29, 1.82) is 0 Å². The third-order valence-corrected chi connectivity index (χ3v) is 2.75. The molecule has 1 heterocycles. The highest BCUT2D eigenvalue weighted by Gasteiger charge is 2.19. The zero-order chi connectivity index (χ0) is 14.4. The van der Waals surface area contributed by atoms with Gasteiger partial charge in [-0.2, -0.15) is 0 Å². The zero-order valence-corrected chi connectivity index (χ0v) is 10.8. The number of aliphatic carboxylic acids is 1. The van der Waals surface area contributed by atoms with Gasteiger partial charge in [-0.25, -0.2) is 0 Å². The molecule has 20 heavy (non-hydrogen) atoms. The number of rotatable bonds is 5. The molecule has 1 aromatic carbocycles. The average Bonchev–Trinajstić information content (AvgIpc) is 2.49. The maximum atomic E-state index is 12.4. The highest BCUT2D eigenvalue weighted by molar-refractivity contribution is 6.04. The van der Waals surface area contributed by atoms with E-state index in [2.05, 4.69) is 4.98 Å². The minimum absolute atomic E-state index is 0.106. The third kappa shape index (κ3) is 3.41. The van der Waals surface area contributed by atoms with Gasteiger partial charge < -0.3 is 10.0 Å². The molecule has 0 spiro atoms. The molecular formula is C15H14N2O3. The van der Waals surface area contributed by atoms with E-state index < -0.39 is 5.97 Å². The molecule has 102 valence electrons. The van der Waals surface area contributed by atoms with Gasteiger partial charge in [0, 0.05) is 18.4 Å². The van der Waals surface area contributed by atoms with Crippen molar-refractivity contribution in [3.05, 3.63) is 60.4 Å². The molecule has 0 atom stereocenters. The van der Waals surface area contributed by atoms with E-state index in [0.717, 1.165) is 0 Å². The lowest BCUT2D eigenvalue weighted by Crippen LogP contribution is -2.33. The molecule has 0 aliphatic rings. The zero-order valence-electron chi connectivity index (χ0n) is 10.8. The number of carboxylic acid groups (broad SMARTS) is 1. The second kappa shape index (κ2) is 6.47. The van der Waals surface area contributed by atoms with Crippen LogP contribution in [0.25, 0.3) is 0 Å². The highest BCUT2D eigenvalue weighted by atomic mass is 16.4. The largest absolute Gasteiger partial charge is 0.481 e. The Bertz CT molecular complexity index is 585. The van der Waals surface area contributed by atoms with Crippen LogP contribution in [0.3, 0.4) is 0 Å². The normalized spacial score (nSPS) is 10.0. The third-order valence-electron chi connectivity index (χ3n) is 2.75. The van der Waals surface area contributed by atoms with Gasteiger partial charge >= 0.3 is 5.97 Å². The van der Waals surface area contributed by atoms with Gasteiger partial charge in [0.05, 0.1) is 6.42 Å². The number of carboxylic acids is 1. The second-order valence-electron chi connectivity index (χ2n) is 4.15. The van der Waals surface area contributed by atoms with Crippen LogP contribution in [0.15, 0.2) is 54.7 Å². The van der Waals surface area contributed by atoms with E-state index in [1.165, 1.54) is 11.1 Å². The Kier molecular flexibility index (Phi) is 4.44. The summed E-state index contributed by atoms with van der Waals surface area (Å²) in [4.78, 5) is 28.6. The van der Waals surface area contributed by atoms with E-state index in [0.29, 0.717) is 11.4 Å². The molecule has 0 unspecified atom stereocenters. The molecule has 0 radical (unpaired) electrons. The summed E-state index contributed by atoms with van der Waals surface area (Å²) in [5.74, 6) is -1.25. The molecular weight excluding hydrogens is 256 g/mol. The van der Waals surface area contributed by atoms with Crippen molar-refractivity contribution in [2.75, 3.05) is 11.4 Å². The molecule has 0 aliphatic carbocycles. The number of anilines is 1. The Morgan fingerprint density at radius 1 is 1.05 bits per heavy atom. The number of pyridine rings is 1. The molecule has 5 heteroatoms. The quantitative estimate of drug-likeness (QED) is 0.904. The van der Waals surface area contributed by atoms with Crippen molar-refractivity contribution < 1.29 is 14.7 Å². The lowest BCUT2D eigenvalue weighted by molar-refractivity contribution is -0.136. The molecule has 0 bridgehead atoms. The van der Waals surface area contributed by atoms with Crippen LogP contribution in [-0.2, 0) is 4.79 Å². The smallest absolute Gasteiger partial charge is 0.305 e. The number of benzene rings is 1. The van der Waals surface area contributed by atoms with Crippen LogP contribution in [0.4, 0.5) is 5.69 Å². The number of amides is 1. The van der Waals surface area contributed by atoms with Gasteiger partial charge in [0.15, 0.2) is 0 Å². The number of hydrogen-bond donors (Lipinski definition) is 1. The minimum atomic E-state index is -0.945. The number of carbonyl (C=O) groups excluding carboxylic acids is 1. The van der Waals surface area contributed by atoms with Crippen LogP contribution in [-0.4, -0.2) is 28.5 Å². The summed E-state index contributed by atoms with van der Waals surface area (Å²) in [6, 6.07) is 14.0. The number of nitrogens with zero attached hydrogens (tertiary/aromatic N) is 2. The van der Waals surface area contributed by atoms with Gasteiger partial charge in [0.2, 0.25) is 0 Å². The molecule has 1 amide bonds. The van der Waals surface area contributed by atoms with Crippen LogP contribution in [0.1, 0.15) is 16.9 Å². The monoisotopic (exact) mass is 270 g/mol. The molecule has 2 aromatic rings. The fourth-order valence-electron chi connectivity index (χ4n) is 1.79. The summed E-state index contributed by atoms with van der Waals surface area (Å²) in [6.45, 7) is 0.106. The predicted octanol–water partition coefficient (Wildman–Crippen LogP) is 2.20. The summed E-state index contributed by atoms with van der Waals surface area (Å²) in [6.07, 6.45) is 1.42. The Morgan fingerprint density at radius 3 is 2.35 bits per heavy atom. The SMILES string of the molecule is O=C(O)CCN(C(=O)c1ccccn1)c1ccccc1. The van der Waals surface area contributed by atoms with Gasteiger partial charge in [-0.3, -0.25) is 14.6 Å². The summed E-state index contributed by atoms with van der Waals surface area (Å²) in [5, 5.41) is 8.81. The Morgan fingerprint density at radius 2 is 1.75 bits per heavy atom. The standard InChI is InChI=1S/C15H14N2O3/c18-14(19)9-11-17(12-6-2-1-3-7-12)15(20)13-8-4-5-10-16-13/h1-8,10H,9,11H2,(H,18,19). The molecule has 0 fully saturated rings. The fourth-order valence-corrected chi connectivity index (χ4v) is 1.79. The summed E-state index contributed by atoms with van der Waals surface area (Å²) in [7, 11) is 0. The minimum Gasteiger partial charge on any atom is -0.481 e. The van der Waals surface area contributed by atoms with Gasteiger partial charge in [-0.15, -0.1) is 0 Å². The predicted molar refractivity (Wildman–Crippen MR) is 74.6 cm³/mol. The first-order valence-electron chi connectivity index (χ1n) is 6.18. The summed E-state index contributed by atoms with van der Waals surface area (Å²) >= 11 is 0. The van der Waals surface area contributed by atoms with Crippen molar-refractivity contribution in [3.63, 3.8) is 0 Å². The summed E-state index contributed by atoms with van der Waals surface area (Å²) in [5.41, 5.74) is 0.950. The van der Waals surface area contributed by atoms with Crippen molar-refractivity contribution in [3.8, 4) is 0 Å². The Balaban J connectivity index is 2.27. The van der Waals surface area contributed by atoms with Gasteiger partial charge in [-0.05, 0) is 24.3 Å². The Hall–Kier alpha value is -2.69. The van der Waals surface area contributed by atoms with E-state index in [-0.39, 0.29) is 18.9 Å². The Labute approximate surface area is 116 Å². The first-order valence-corrected chi connectivity index (χ1v) is 6.18. The first-order chi connectivity index (χ1) is 9.68. The van der Waals surface area contributed by atoms with E-state index in [1.807, 2.05) is 6.07 Å². The molecule has 5 nitrogen and oxygen atoms in total. The molecule has 0 saturated heterocycles. The molecule has 1 aromatic heterocycles. The second-order valence-corrected chi connectivity index (χ2v) is 4.15. The highest BCUT2D eigenvalue weighted by Crippen LogP contribution is 2.16. The van der Waals surface area contributed by atoms with Crippen LogP contribution < -0.4 is 4.90 Å². The molecule has 1 N–H and O–H groups in total.